The molecule has 2 unspecified atom stereocenters. The minimum absolute atomic E-state index is 0.0113. The number of nitrogens with zero attached hydrogens (tertiary/aromatic N) is 1. The van der Waals surface area contributed by atoms with Crippen molar-refractivity contribution >= 4 is 16.9 Å². The molecule has 4 heteroatoms. The molecular formula is C21H22FNO2. The number of furan rings is 1. The van der Waals surface area contributed by atoms with Gasteiger partial charge in [0.25, 0.3) is 0 Å². The van der Waals surface area contributed by atoms with Gasteiger partial charge in [-0.1, -0.05) is 37.3 Å². The maximum absolute atomic E-state index is 13.3. The molecule has 1 aromatic heterocycles. The molecule has 2 atom stereocenters. The summed E-state index contributed by atoms with van der Waals surface area (Å²) >= 11 is 0. The van der Waals surface area contributed by atoms with Gasteiger partial charge in [0.05, 0.1) is 6.04 Å². The minimum Gasteiger partial charge on any atom is -0.459 e. The van der Waals surface area contributed by atoms with Gasteiger partial charge in [-0.05, 0) is 43.2 Å². The van der Waals surface area contributed by atoms with Crippen molar-refractivity contribution in [3.05, 3.63) is 71.7 Å². The Morgan fingerprint density at radius 3 is 2.60 bits per heavy atom. The van der Waals surface area contributed by atoms with Gasteiger partial charge in [0.1, 0.15) is 17.2 Å². The molecule has 3 aromatic rings. The molecule has 2 aromatic carbocycles. The topological polar surface area (TPSA) is 33.5 Å². The highest BCUT2D eigenvalue weighted by Gasteiger charge is 2.25. The predicted octanol–water partition coefficient (Wildman–Crippen LogP) is 4.97. The fraction of sp³-hybridized carbons (Fsp3) is 0.286. The molecule has 0 aliphatic carbocycles. The Morgan fingerprint density at radius 2 is 1.88 bits per heavy atom. The van der Waals surface area contributed by atoms with Crippen molar-refractivity contribution in [1.29, 1.82) is 0 Å². The van der Waals surface area contributed by atoms with Crippen LogP contribution in [-0.4, -0.2) is 17.9 Å². The Morgan fingerprint density at radius 1 is 1.12 bits per heavy atom. The van der Waals surface area contributed by atoms with E-state index >= 15 is 0 Å². The minimum atomic E-state index is -0.277. The number of hydrogen-bond acceptors (Lipinski definition) is 2. The van der Waals surface area contributed by atoms with Crippen LogP contribution in [0.25, 0.3) is 11.0 Å². The van der Waals surface area contributed by atoms with Gasteiger partial charge in [-0.2, -0.15) is 0 Å². The summed E-state index contributed by atoms with van der Waals surface area (Å²) < 4.78 is 19.2. The van der Waals surface area contributed by atoms with E-state index in [1.54, 1.807) is 18.0 Å². The maximum Gasteiger partial charge on any atom is 0.226 e. The maximum atomic E-state index is 13.3. The quantitative estimate of drug-likeness (QED) is 0.657. The molecule has 0 aliphatic rings. The van der Waals surface area contributed by atoms with E-state index in [0.29, 0.717) is 6.42 Å². The van der Waals surface area contributed by atoms with Crippen LogP contribution in [0.15, 0.2) is 59.0 Å². The number of para-hydroxylation sites is 1. The van der Waals surface area contributed by atoms with E-state index in [9.17, 15) is 9.18 Å². The van der Waals surface area contributed by atoms with Gasteiger partial charge < -0.3 is 9.32 Å². The first-order valence-corrected chi connectivity index (χ1v) is 8.45. The van der Waals surface area contributed by atoms with Gasteiger partial charge in [0.15, 0.2) is 0 Å². The van der Waals surface area contributed by atoms with E-state index in [1.807, 2.05) is 50.2 Å². The van der Waals surface area contributed by atoms with Crippen molar-refractivity contribution in [1.82, 2.24) is 4.90 Å². The second-order valence-corrected chi connectivity index (χ2v) is 6.55. The summed E-state index contributed by atoms with van der Waals surface area (Å²) in [7, 11) is 1.78. The molecule has 3 nitrogen and oxygen atoms in total. The number of benzene rings is 2. The average Bonchev–Trinajstić information content (AvgIpc) is 3.04. The Bertz CT molecular complexity index is 853. The lowest BCUT2D eigenvalue weighted by Gasteiger charge is -2.26. The van der Waals surface area contributed by atoms with Crippen LogP contribution < -0.4 is 0 Å². The zero-order valence-electron chi connectivity index (χ0n) is 14.7. The van der Waals surface area contributed by atoms with Crippen LogP contribution in [-0.2, 0) is 11.2 Å². The van der Waals surface area contributed by atoms with E-state index in [2.05, 4.69) is 0 Å². The molecular weight excluding hydrogens is 317 g/mol. The van der Waals surface area contributed by atoms with Gasteiger partial charge in [0, 0.05) is 18.4 Å². The highest BCUT2D eigenvalue weighted by molar-refractivity contribution is 5.80. The number of rotatable bonds is 5. The lowest BCUT2D eigenvalue weighted by Crippen LogP contribution is -2.34. The Labute approximate surface area is 147 Å². The van der Waals surface area contributed by atoms with Crippen molar-refractivity contribution in [3.63, 3.8) is 0 Å². The van der Waals surface area contributed by atoms with Crippen LogP contribution in [0, 0.1) is 11.7 Å². The van der Waals surface area contributed by atoms with Gasteiger partial charge in [0.2, 0.25) is 5.91 Å². The Kier molecular flexibility index (Phi) is 4.88. The smallest absolute Gasteiger partial charge is 0.226 e. The second-order valence-electron chi connectivity index (χ2n) is 6.55. The molecule has 0 saturated carbocycles. The number of carbonyl (C=O) groups is 1. The number of fused-ring (bicyclic) bond motifs is 1. The normalized spacial score (nSPS) is 13.6. The standard InChI is InChI=1S/C21H22FNO2/c1-14(11-16-7-6-9-18(22)12-16)21(24)23(3)15(2)20-13-17-8-4-5-10-19(17)25-20/h4-10,12-15H,11H2,1-3H3. The zero-order valence-corrected chi connectivity index (χ0v) is 14.7. The molecule has 1 amide bonds. The zero-order chi connectivity index (χ0) is 18.0. The van der Waals surface area contributed by atoms with Gasteiger partial charge in [-0.3, -0.25) is 4.79 Å². The highest BCUT2D eigenvalue weighted by Crippen LogP contribution is 2.27. The van der Waals surface area contributed by atoms with Crippen LogP contribution in [0.2, 0.25) is 0 Å². The molecule has 0 aliphatic heterocycles. The number of amides is 1. The average molecular weight is 339 g/mol. The van der Waals surface area contributed by atoms with Crippen LogP contribution in [0.3, 0.4) is 0 Å². The SMILES string of the molecule is CC(Cc1cccc(F)c1)C(=O)N(C)C(C)c1cc2ccccc2o1. The molecule has 0 radical (unpaired) electrons. The molecule has 0 fully saturated rings. The molecule has 1 heterocycles. The third-order valence-corrected chi connectivity index (χ3v) is 4.64. The van der Waals surface area contributed by atoms with Crippen LogP contribution >= 0.6 is 0 Å². The largest absolute Gasteiger partial charge is 0.459 e. The lowest BCUT2D eigenvalue weighted by molar-refractivity contribution is -0.135. The highest BCUT2D eigenvalue weighted by atomic mass is 19.1. The van der Waals surface area contributed by atoms with Crippen molar-refractivity contribution in [2.45, 2.75) is 26.3 Å². The predicted molar refractivity (Wildman–Crippen MR) is 96.7 cm³/mol. The third kappa shape index (κ3) is 3.73. The first kappa shape index (κ1) is 17.2. The monoisotopic (exact) mass is 339 g/mol. The van der Waals surface area contributed by atoms with E-state index in [4.69, 9.17) is 4.42 Å². The Balaban J connectivity index is 1.72. The fourth-order valence-electron chi connectivity index (χ4n) is 3.04. The van der Waals surface area contributed by atoms with Crippen LogP contribution in [0.4, 0.5) is 4.39 Å². The summed E-state index contributed by atoms with van der Waals surface area (Å²) in [5.41, 5.74) is 1.64. The molecule has 0 saturated heterocycles. The van der Waals surface area contributed by atoms with Crippen LogP contribution in [0.1, 0.15) is 31.2 Å². The molecule has 0 spiro atoms. The fourth-order valence-corrected chi connectivity index (χ4v) is 3.04. The van der Waals surface area contributed by atoms with Gasteiger partial charge in [-0.15, -0.1) is 0 Å². The van der Waals surface area contributed by atoms with Crippen molar-refractivity contribution in [2.24, 2.45) is 5.92 Å². The first-order chi connectivity index (χ1) is 12.0. The van der Waals surface area contributed by atoms with Crippen LogP contribution in [0.5, 0.6) is 0 Å². The molecule has 3 rings (SSSR count). The summed E-state index contributed by atoms with van der Waals surface area (Å²) in [6.07, 6.45) is 0.508. The number of hydrogen-bond donors (Lipinski definition) is 0. The number of carbonyl (C=O) groups excluding carboxylic acids is 1. The van der Waals surface area contributed by atoms with E-state index in [0.717, 1.165) is 22.3 Å². The summed E-state index contributed by atoms with van der Waals surface area (Å²) in [5, 5.41) is 1.03. The summed E-state index contributed by atoms with van der Waals surface area (Å²) in [4.78, 5) is 14.4. The van der Waals surface area contributed by atoms with E-state index < -0.39 is 0 Å². The second kappa shape index (κ2) is 7.09. The van der Waals surface area contributed by atoms with E-state index in [1.165, 1.54) is 12.1 Å². The number of halogens is 1. The molecule has 0 N–H and O–H groups in total. The molecule has 130 valence electrons. The first-order valence-electron chi connectivity index (χ1n) is 8.45. The van der Waals surface area contributed by atoms with Gasteiger partial charge in [-0.25, -0.2) is 4.39 Å². The summed E-state index contributed by atoms with van der Waals surface area (Å²) in [5.74, 6) is 0.256. The van der Waals surface area contributed by atoms with Crippen molar-refractivity contribution < 1.29 is 13.6 Å². The van der Waals surface area contributed by atoms with Crippen molar-refractivity contribution in [2.75, 3.05) is 7.05 Å². The molecule has 0 bridgehead atoms. The lowest BCUT2D eigenvalue weighted by atomic mass is 9.99. The van der Waals surface area contributed by atoms with Gasteiger partial charge >= 0.3 is 0 Å². The molecule has 25 heavy (non-hydrogen) atoms. The Hall–Kier alpha value is -2.62. The third-order valence-electron chi connectivity index (χ3n) is 4.64. The van der Waals surface area contributed by atoms with E-state index in [-0.39, 0.29) is 23.7 Å². The summed E-state index contributed by atoms with van der Waals surface area (Å²) in [6, 6.07) is 16.0. The van der Waals surface area contributed by atoms with Crippen molar-refractivity contribution in [3.8, 4) is 0 Å². The summed E-state index contributed by atoms with van der Waals surface area (Å²) in [6.45, 7) is 3.82.